The summed E-state index contributed by atoms with van der Waals surface area (Å²) in [5.74, 6) is -1.77. The number of methoxy groups -OCH3 is 2. The van der Waals surface area contributed by atoms with Crippen LogP contribution in [0, 0.1) is 22.7 Å². The summed E-state index contributed by atoms with van der Waals surface area (Å²) in [7, 11) is -7.06. The topological polar surface area (TPSA) is 233 Å². The van der Waals surface area contributed by atoms with Crippen LogP contribution in [0.1, 0.15) is 43.0 Å². The van der Waals surface area contributed by atoms with Gasteiger partial charge in [-0.3, -0.25) is 18.7 Å². The number of nitrogens with one attached hydrogen (secondary N) is 2. The lowest BCUT2D eigenvalue weighted by atomic mass is 9.80. The maximum atomic E-state index is 14.0. The number of nitrogens with zero attached hydrogens (tertiary/aromatic N) is 2. The lowest BCUT2D eigenvalue weighted by Crippen LogP contribution is -2.24. The molecule has 4 N–H and O–H groups in total. The SMILES string of the molecule is COc1ccc(Nc2ccc(Nc3ccc(OC)c(S(=O)(=O)O)c3)c3c2C(=O)c2cc(C#N)c(C#N)cc2C3=O)cc1S(=O)(=O)O. The first-order valence-electron chi connectivity index (χ1n) is 12.8. The number of ketones is 2. The molecular weight excluding hydrogens is 640 g/mol. The molecule has 0 bridgehead atoms. The van der Waals surface area contributed by atoms with E-state index >= 15 is 0 Å². The minimum atomic E-state index is -4.73. The Morgan fingerprint density at radius 2 is 1.00 bits per heavy atom. The third-order valence-corrected chi connectivity index (χ3v) is 8.74. The molecule has 4 aromatic carbocycles. The second-order valence-corrected chi connectivity index (χ2v) is 12.4. The molecule has 0 spiro atoms. The first-order valence-corrected chi connectivity index (χ1v) is 15.7. The Hall–Kier alpha value is -5.78. The predicted molar refractivity (Wildman–Crippen MR) is 161 cm³/mol. The van der Waals surface area contributed by atoms with E-state index in [0.29, 0.717) is 0 Å². The lowest BCUT2D eigenvalue weighted by Gasteiger charge is -2.24. The summed E-state index contributed by atoms with van der Waals surface area (Å²) in [4.78, 5) is 26.9. The molecule has 16 heteroatoms. The standard InChI is InChI=1S/C30H20N4O10S2/c1-43-23-7-3-17(11-25(23)45(37,38)39)33-21-5-6-22(34-18-4-8-24(44-2)26(12-18)46(40,41)42)28-27(21)29(35)19-9-15(13-31)16(14-32)10-20(19)30(28)36/h3-12,33-34H,1-2H3,(H,37,38,39)(H,40,41,42). The number of carbonyl (C=O) groups is 2. The first kappa shape index (κ1) is 31.6. The van der Waals surface area contributed by atoms with Crippen molar-refractivity contribution in [2.24, 2.45) is 0 Å². The van der Waals surface area contributed by atoms with Gasteiger partial charge < -0.3 is 20.1 Å². The van der Waals surface area contributed by atoms with Crippen molar-refractivity contribution < 1.29 is 45.0 Å². The summed E-state index contributed by atoms with van der Waals surface area (Å²) in [6.45, 7) is 0. The third-order valence-electron chi connectivity index (χ3n) is 6.99. The van der Waals surface area contributed by atoms with Gasteiger partial charge in [-0.15, -0.1) is 0 Å². The van der Waals surface area contributed by atoms with E-state index < -0.39 is 41.6 Å². The minimum Gasteiger partial charge on any atom is -0.495 e. The molecule has 14 nitrogen and oxygen atoms in total. The Kier molecular flexibility index (Phi) is 7.99. The molecule has 0 heterocycles. The minimum absolute atomic E-state index is 0.0206. The maximum Gasteiger partial charge on any atom is 0.298 e. The van der Waals surface area contributed by atoms with Crippen molar-refractivity contribution in [3.05, 3.63) is 94.0 Å². The van der Waals surface area contributed by atoms with Crippen molar-refractivity contribution in [1.29, 1.82) is 10.5 Å². The lowest BCUT2D eigenvalue weighted by molar-refractivity contribution is 0.0980. The van der Waals surface area contributed by atoms with Gasteiger partial charge in [0.1, 0.15) is 33.4 Å². The molecular formula is C30H20N4O10S2. The molecule has 1 aliphatic carbocycles. The van der Waals surface area contributed by atoms with Crippen LogP contribution in [-0.4, -0.2) is 51.7 Å². The fourth-order valence-electron chi connectivity index (χ4n) is 4.94. The maximum absolute atomic E-state index is 14.0. The van der Waals surface area contributed by atoms with Gasteiger partial charge in [-0.2, -0.15) is 27.4 Å². The van der Waals surface area contributed by atoms with Crippen LogP contribution in [0.25, 0.3) is 0 Å². The fourth-order valence-corrected chi connectivity index (χ4v) is 6.30. The summed E-state index contributed by atoms with van der Waals surface area (Å²) in [5.41, 5.74) is -0.829. The molecule has 0 aromatic heterocycles. The van der Waals surface area contributed by atoms with Crippen LogP contribution in [0.3, 0.4) is 0 Å². The van der Waals surface area contributed by atoms with E-state index in [2.05, 4.69) is 10.6 Å². The number of hydrogen-bond acceptors (Lipinski definition) is 12. The van der Waals surface area contributed by atoms with Crippen molar-refractivity contribution in [3.8, 4) is 23.6 Å². The number of rotatable bonds is 8. The van der Waals surface area contributed by atoms with Gasteiger partial charge in [-0.25, -0.2) is 0 Å². The van der Waals surface area contributed by atoms with Gasteiger partial charge in [0.15, 0.2) is 11.6 Å². The van der Waals surface area contributed by atoms with Gasteiger partial charge in [-0.1, -0.05) is 0 Å². The molecule has 0 fully saturated rings. The van der Waals surface area contributed by atoms with E-state index in [1.807, 2.05) is 12.1 Å². The van der Waals surface area contributed by atoms with Gasteiger partial charge in [0.2, 0.25) is 0 Å². The normalized spacial score (nSPS) is 12.3. The fraction of sp³-hybridized carbons (Fsp3) is 0.0667. The zero-order valence-electron chi connectivity index (χ0n) is 23.6. The Morgan fingerprint density at radius 3 is 1.30 bits per heavy atom. The van der Waals surface area contributed by atoms with Crippen LogP contribution in [0.4, 0.5) is 22.7 Å². The number of hydrogen-bond donors (Lipinski definition) is 4. The third kappa shape index (κ3) is 5.60. The van der Waals surface area contributed by atoms with Crippen LogP contribution in [0.15, 0.2) is 70.5 Å². The molecule has 0 atom stereocenters. The van der Waals surface area contributed by atoms with Crippen molar-refractivity contribution in [2.45, 2.75) is 9.79 Å². The Balaban J connectivity index is 1.72. The van der Waals surface area contributed by atoms with Gasteiger partial charge in [-0.05, 0) is 60.7 Å². The molecule has 46 heavy (non-hydrogen) atoms. The average Bonchev–Trinajstić information content (AvgIpc) is 3.02. The summed E-state index contributed by atoms with van der Waals surface area (Å²) < 4.78 is 77.3. The average molecular weight is 661 g/mol. The van der Waals surface area contributed by atoms with E-state index in [4.69, 9.17) is 9.47 Å². The second kappa shape index (κ2) is 11.6. The largest absolute Gasteiger partial charge is 0.495 e. The zero-order chi connectivity index (χ0) is 33.6. The Bertz CT molecular complexity index is 2140. The molecule has 5 rings (SSSR count). The van der Waals surface area contributed by atoms with Crippen LogP contribution >= 0.6 is 0 Å². The number of carbonyl (C=O) groups excluding carboxylic acids is 2. The molecule has 0 amide bonds. The monoisotopic (exact) mass is 660 g/mol. The number of anilines is 4. The van der Waals surface area contributed by atoms with Crippen molar-refractivity contribution in [3.63, 3.8) is 0 Å². The highest BCUT2D eigenvalue weighted by atomic mass is 32.2. The molecule has 4 aromatic rings. The van der Waals surface area contributed by atoms with E-state index in [9.17, 15) is 46.1 Å². The van der Waals surface area contributed by atoms with Gasteiger partial charge in [0, 0.05) is 22.5 Å². The van der Waals surface area contributed by atoms with Crippen LogP contribution in [0.2, 0.25) is 0 Å². The highest BCUT2D eigenvalue weighted by molar-refractivity contribution is 7.86. The zero-order valence-corrected chi connectivity index (χ0v) is 25.3. The van der Waals surface area contributed by atoms with Crippen LogP contribution in [-0.2, 0) is 20.2 Å². The van der Waals surface area contributed by atoms with Gasteiger partial charge in [0.25, 0.3) is 20.2 Å². The molecule has 0 saturated carbocycles. The van der Waals surface area contributed by atoms with Crippen molar-refractivity contribution in [2.75, 3.05) is 24.9 Å². The quantitative estimate of drug-likeness (QED) is 0.171. The molecule has 0 radical (unpaired) electrons. The molecule has 0 saturated heterocycles. The summed E-state index contributed by atoms with van der Waals surface area (Å²) in [6.07, 6.45) is 0. The van der Waals surface area contributed by atoms with Gasteiger partial charge >= 0.3 is 0 Å². The highest BCUT2D eigenvalue weighted by Crippen LogP contribution is 2.40. The number of nitriles is 2. The van der Waals surface area contributed by atoms with E-state index in [1.165, 1.54) is 50.6 Å². The number of ether oxygens (including phenoxy) is 2. The molecule has 0 aliphatic heterocycles. The molecule has 0 unspecified atom stereocenters. The number of benzene rings is 4. The summed E-state index contributed by atoms with van der Waals surface area (Å²) >= 11 is 0. The summed E-state index contributed by atoms with van der Waals surface area (Å²) in [5, 5.41) is 24.8. The predicted octanol–water partition coefficient (Wildman–Crippen LogP) is 4.20. The van der Waals surface area contributed by atoms with Crippen LogP contribution in [0.5, 0.6) is 11.5 Å². The first-order chi connectivity index (χ1) is 21.7. The smallest absolute Gasteiger partial charge is 0.298 e. The van der Waals surface area contributed by atoms with Crippen LogP contribution < -0.4 is 20.1 Å². The Labute approximate surface area is 261 Å². The van der Waals surface area contributed by atoms with Crippen molar-refractivity contribution >= 4 is 54.6 Å². The van der Waals surface area contributed by atoms with E-state index in [0.717, 1.165) is 24.3 Å². The van der Waals surface area contributed by atoms with E-state index in [-0.39, 0.29) is 67.6 Å². The van der Waals surface area contributed by atoms with Gasteiger partial charge in [0.05, 0.1) is 47.8 Å². The Morgan fingerprint density at radius 1 is 0.630 bits per heavy atom. The highest BCUT2D eigenvalue weighted by Gasteiger charge is 2.35. The number of fused-ring (bicyclic) bond motifs is 2. The van der Waals surface area contributed by atoms with E-state index in [1.54, 1.807) is 0 Å². The second-order valence-electron chi connectivity index (χ2n) is 9.67. The summed E-state index contributed by atoms with van der Waals surface area (Å²) in [6, 6.07) is 16.1. The van der Waals surface area contributed by atoms with Crippen molar-refractivity contribution in [1.82, 2.24) is 0 Å². The molecule has 1 aliphatic rings. The molecule has 232 valence electrons.